The van der Waals surface area contributed by atoms with E-state index in [0.29, 0.717) is 12.2 Å². The van der Waals surface area contributed by atoms with E-state index in [2.05, 4.69) is 0 Å². The van der Waals surface area contributed by atoms with E-state index in [1.165, 1.54) is 19.2 Å². The van der Waals surface area contributed by atoms with Gasteiger partial charge in [-0.1, -0.05) is 0 Å². The maximum Gasteiger partial charge on any atom is 0.163 e. The summed E-state index contributed by atoms with van der Waals surface area (Å²) in [5, 5.41) is 9.53. The van der Waals surface area contributed by atoms with Gasteiger partial charge in [-0.15, -0.1) is 0 Å². The second-order valence-electron chi connectivity index (χ2n) is 5.33. The smallest absolute Gasteiger partial charge is 0.163 e. The van der Waals surface area contributed by atoms with Crippen molar-refractivity contribution in [3.8, 4) is 5.75 Å². The van der Waals surface area contributed by atoms with Gasteiger partial charge < -0.3 is 19.3 Å². The molecule has 106 valence electrons. The van der Waals surface area contributed by atoms with Crippen LogP contribution < -0.4 is 0 Å². The van der Waals surface area contributed by atoms with Gasteiger partial charge in [-0.2, -0.15) is 0 Å². The maximum atomic E-state index is 13.4. The minimum Gasteiger partial charge on any atom is -0.508 e. The molecule has 0 saturated carbocycles. The number of methoxy groups -OCH3 is 1. The molecule has 2 rings (SSSR count). The lowest BCUT2D eigenvalue weighted by atomic mass is 9.89. The fraction of sp³-hybridized carbons (Fsp3) is 0.571. The molecule has 1 aliphatic heterocycles. The molecule has 1 aromatic carbocycles. The van der Waals surface area contributed by atoms with Gasteiger partial charge in [0, 0.05) is 13.2 Å². The van der Waals surface area contributed by atoms with Crippen molar-refractivity contribution in [1.82, 2.24) is 0 Å². The Morgan fingerprint density at radius 2 is 2.11 bits per heavy atom. The maximum absolute atomic E-state index is 13.4. The highest BCUT2D eigenvalue weighted by atomic mass is 19.1. The van der Waals surface area contributed by atoms with Gasteiger partial charge in [-0.05, 0) is 38.5 Å². The SMILES string of the molecule is CO[C@@](C)(c1cc(O)cc(F)c1)[C@H]1COC(C)(C)O1. The molecule has 19 heavy (non-hydrogen) atoms. The third-order valence-corrected chi connectivity index (χ3v) is 3.50. The van der Waals surface area contributed by atoms with E-state index in [1.807, 2.05) is 13.8 Å². The minimum atomic E-state index is -0.895. The minimum absolute atomic E-state index is 0.142. The van der Waals surface area contributed by atoms with Crippen molar-refractivity contribution in [1.29, 1.82) is 0 Å². The van der Waals surface area contributed by atoms with Crippen molar-refractivity contribution < 1.29 is 23.7 Å². The van der Waals surface area contributed by atoms with Gasteiger partial charge in [0.15, 0.2) is 5.79 Å². The monoisotopic (exact) mass is 270 g/mol. The Balaban J connectivity index is 2.37. The summed E-state index contributed by atoms with van der Waals surface area (Å²) >= 11 is 0. The van der Waals surface area contributed by atoms with Crippen LogP contribution in [0.1, 0.15) is 26.3 Å². The number of rotatable bonds is 3. The van der Waals surface area contributed by atoms with Gasteiger partial charge in [0.25, 0.3) is 0 Å². The number of hydrogen-bond donors (Lipinski definition) is 1. The van der Waals surface area contributed by atoms with Gasteiger partial charge in [0.2, 0.25) is 0 Å². The first-order valence-corrected chi connectivity index (χ1v) is 6.14. The molecule has 0 spiro atoms. The van der Waals surface area contributed by atoms with E-state index in [0.717, 1.165) is 6.07 Å². The van der Waals surface area contributed by atoms with Crippen molar-refractivity contribution >= 4 is 0 Å². The summed E-state index contributed by atoms with van der Waals surface area (Å²) in [5.41, 5.74) is -0.383. The Hall–Kier alpha value is -1.17. The predicted molar refractivity (Wildman–Crippen MR) is 67.3 cm³/mol. The Bertz CT molecular complexity index is 454. The Labute approximate surface area is 112 Å². The highest BCUT2D eigenvalue weighted by Gasteiger charge is 2.46. The molecular formula is C14H19FO4. The standard InChI is InChI=1S/C14H19FO4/c1-13(2)18-8-12(19-13)14(3,17-4)9-5-10(15)7-11(16)6-9/h5-7,12,16H,8H2,1-4H3/t12-,14+/m1/s1. The van der Waals surface area contributed by atoms with E-state index in [9.17, 15) is 9.50 Å². The van der Waals surface area contributed by atoms with Crippen LogP contribution in [-0.4, -0.2) is 30.7 Å². The van der Waals surface area contributed by atoms with Gasteiger partial charge >= 0.3 is 0 Å². The number of phenols is 1. The molecule has 0 bridgehead atoms. The van der Waals surface area contributed by atoms with Crippen LogP contribution in [-0.2, 0) is 19.8 Å². The fourth-order valence-corrected chi connectivity index (χ4v) is 2.25. The number of phenolic OH excluding ortho intramolecular Hbond substituents is 1. The molecule has 1 fully saturated rings. The lowest BCUT2D eigenvalue weighted by Gasteiger charge is -2.34. The lowest BCUT2D eigenvalue weighted by Crippen LogP contribution is -2.41. The fourth-order valence-electron chi connectivity index (χ4n) is 2.25. The Kier molecular flexibility index (Phi) is 3.55. The number of hydrogen-bond acceptors (Lipinski definition) is 4. The van der Waals surface area contributed by atoms with Gasteiger partial charge in [-0.25, -0.2) is 4.39 Å². The molecule has 0 amide bonds. The second-order valence-corrected chi connectivity index (χ2v) is 5.33. The topological polar surface area (TPSA) is 47.9 Å². The molecule has 5 heteroatoms. The third-order valence-electron chi connectivity index (χ3n) is 3.50. The molecule has 2 atom stereocenters. The van der Waals surface area contributed by atoms with Crippen LogP contribution in [0.25, 0.3) is 0 Å². The van der Waals surface area contributed by atoms with Crippen LogP contribution in [0.3, 0.4) is 0 Å². The summed E-state index contributed by atoms with van der Waals surface area (Å²) in [7, 11) is 1.52. The third kappa shape index (κ3) is 2.73. The number of halogens is 1. The molecule has 1 saturated heterocycles. The van der Waals surface area contributed by atoms with Crippen LogP contribution in [0.2, 0.25) is 0 Å². The molecule has 0 aromatic heterocycles. The van der Waals surface area contributed by atoms with E-state index in [-0.39, 0.29) is 11.9 Å². The summed E-state index contributed by atoms with van der Waals surface area (Å²) in [6.45, 7) is 5.75. The normalized spacial score (nSPS) is 25.2. The Morgan fingerprint density at radius 3 is 2.58 bits per heavy atom. The molecule has 4 nitrogen and oxygen atoms in total. The summed E-state index contributed by atoms with van der Waals surface area (Å²) in [5.74, 6) is -1.35. The Morgan fingerprint density at radius 1 is 1.42 bits per heavy atom. The first kappa shape index (κ1) is 14.2. The van der Waals surface area contributed by atoms with E-state index >= 15 is 0 Å². The molecule has 0 aliphatic carbocycles. The van der Waals surface area contributed by atoms with Crippen LogP contribution in [0.4, 0.5) is 4.39 Å². The molecular weight excluding hydrogens is 251 g/mol. The largest absolute Gasteiger partial charge is 0.508 e. The van der Waals surface area contributed by atoms with Crippen LogP contribution in [0.5, 0.6) is 5.75 Å². The molecule has 1 heterocycles. The van der Waals surface area contributed by atoms with Crippen molar-refractivity contribution in [3.63, 3.8) is 0 Å². The summed E-state index contributed by atoms with van der Waals surface area (Å²) in [6, 6.07) is 3.86. The molecule has 0 radical (unpaired) electrons. The molecule has 1 aromatic rings. The first-order chi connectivity index (χ1) is 8.77. The number of aromatic hydroxyl groups is 1. The molecule has 1 N–H and O–H groups in total. The molecule has 1 aliphatic rings. The highest BCUT2D eigenvalue weighted by Crippen LogP contribution is 2.38. The van der Waals surface area contributed by atoms with Crippen molar-refractivity contribution in [3.05, 3.63) is 29.6 Å². The van der Waals surface area contributed by atoms with Crippen LogP contribution in [0.15, 0.2) is 18.2 Å². The van der Waals surface area contributed by atoms with Crippen molar-refractivity contribution in [2.75, 3.05) is 13.7 Å². The van der Waals surface area contributed by atoms with E-state index in [1.54, 1.807) is 6.92 Å². The zero-order valence-electron chi connectivity index (χ0n) is 11.6. The summed E-state index contributed by atoms with van der Waals surface area (Å²) in [4.78, 5) is 0. The number of ether oxygens (including phenoxy) is 3. The zero-order chi connectivity index (χ0) is 14.3. The van der Waals surface area contributed by atoms with Crippen LogP contribution >= 0.6 is 0 Å². The van der Waals surface area contributed by atoms with Crippen LogP contribution in [0, 0.1) is 5.82 Å². The average molecular weight is 270 g/mol. The lowest BCUT2D eigenvalue weighted by molar-refractivity contribution is -0.175. The average Bonchev–Trinajstić information content (AvgIpc) is 2.68. The second kappa shape index (κ2) is 4.74. The zero-order valence-corrected chi connectivity index (χ0v) is 11.6. The van der Waals surface area contributed by atoms with Gasteiger partial charge in [0.1, 0.15) is 23.3 Å². The van der Waals surface area contributed by atoms with E-state index in [4.69, 9.17) is 14.2 Å². The highest BCUT2D eigenvalue weighted by molar-refractivity contribution is 5.33. The summed E-state index contributed by atoms with van der Waals surface area (Å²) < 4.78 is 30.3. The summed E-state index contributed by atoms with van der Waals surface area (Å²) in [6.07, 6.45) is -0.381. The van der Waals surface area contributed by atoms with E-state index < -0.39 is 17.2 Å². The van der Waals surface area contributed by atoms with Gasteiger partial charge in [0.05, 0.1) is 6.61 Å². The van der Waals surface area contributed by atoms with Crippen molar-refractivity contribution in [2.24, 2.45) is 0 Å². The number of benzene rings is 1. The predicted octanol–water partition coefficient (Wildman–Crippen LogP) is 2.54. The van der Waals surface area contributed by atoms with Crippen molar-refractivity contribution in [2.45, 2.75) is 38.3 Å². The molecule has 0 unspecified atom stereocenters. The quantitative estimate of drug-likeness (QED) is 0.917. The van der Waals surface area contributed by atoms with Gasteiger partial charge in [-0.3, -0.25) is 0 Å². The first-order valence-electron chi connectivity index (χ1n) is 6.14.